The quantitative estimate of drug-likeness (QED) is 0.795. The summed E-state index contributed by atoms with van der Waals surface area (Å²) in [5.41, 5.74) is 7.76. The fraction of sp³-hybridized carbons (Fsp3) is 0.667. The maximum atomic E-state index is 6.52. The zero-order valence-electron chi connectivity index (χ0n) is 13.9. The summed E-state index contributed by atoms with van der Waals surface area (Å²) in [4.78, 5) is 2.62. The van der Waals surface area contributed by atoms with Crippen LogP contribution in [0.2, 0.25) is 0 Å². The molecule has 0 heterocycles. The third-order valence-electron chi connectivity index (χ3n) is 4.28. The predicted molar refractivity (Wildman–Crippen MR) is 88.6 cm³/mol. The fourth-order valence-corrected chi connectivity index (χ4v) is 3.11. The molecule has 2 rings (SSSR count). The van der Waals surface area contributed by atoms with Crippen molar-refractivity contribution in [3.05, 3.63) is 29.8 Å². The molecule has 1 saturated carbocycles. The summed E-state index contributed by atoms with van der Waals surface area (Å²) in [6.07, 6.45) is 3.58. The normalized spacial score (nSPS) is 18.0. The first kappa shape index (κ1) is 16.3. The first-order chi connectivity index (χ1) is 10.1. The molecule has 2 unspecified atom stereocenters. The van der Waals surface area contributed by atoms with Crippen molar-refractivity contribution >= 4 is 0 Å². The first-order valence-electron chi connectivity index (χ1n) is 8.22. The van der Waals surface area contributed by atoms with Crippen molar-refractivity contribution in [3.8, 4) is 5.75 Å². The Bertz CT molecular complexity index is 443. The van der Waals surface area contributed by atoms with Gasteiger partial charge in [0.25, 0.3) is 0 Å². The number of benzene rings is 1. The van der Waals surface area contributed by atoms with Gasteiger partial charge in [0.2, 0.25) is 0 Å². The smallest absolute Gasteiger partial charge is 0.123 e. The van der Waals surface area contributed by atoms with Gasteiger partial charge in [0.1, 0.15) is 5.75 Å². The van der Waals surface area contributed by atoms with E-state index in [1.54, 1.807) is 7.11 Å². The molecule has 21 heavy (non-hydrogen) atoms. The van der Waals surface area contributed by atoms with Crippen LogP contribution in [0.5, 0.6) is 5.75 Å². The average Bonchev–Trinajstić information content (AvgIpc) is 3.31. The number of ether oxygens (including phenoxy) is 1. The molecule has 2 atom stereocenters. The summed E-state index contributed by atoms with van der Waals surface area (Å²) in [6, 6.07) is 9.43. The monoisotopic (exact) mass is 290 g/mol. The molecule has 2 N–H and O–H groups in total. The van der Waals surface area contributed by atoms with E-state index in [1.807, 2.05) is 12.1 Å². The Hall–Kier alpha value is -1.06. The van der Waals surface area contributed by atoms with Gasteiger partial charge in [0.05, 0.1) is 13.2 Å². The Morgan fingerprint density at radius 2 is 1.95 bits per heavy atom. The second kappa shape index (κ2) is 7.28. The number of nitrogens with zero attached hydrogens (tertiary/aromatic N) is 1. The third kappa shape index (κ3) is 3.98. The van der Waals surface area contributed by atoms with Crippen LogP contribution >= 0.6 is 0 Å². The lowest BCUT2D eigenvalue weighted by Crippen LogP contribution is -2.43. The Morgan fingerprint density at radius 1 is 1.29 bits per heavy atom. The molecule has 118 valence electrons. The standard InChI is InChI=1S/C18H30N2O/c1-5-16(19)18(15-8-6-7-9-17(15)21-4)20(12-13(2)3)14-10-11-14/h6-9,13-14,16,18H,5,10-12,19H2,1-4H3. The molecule has 1 aliphatic rings. The molecule has 1 aromatic carbocycles. The lowest BCUT2D eigenvalue weighted by Gasteiger charge is -2.37. The maximum absolute atomic E-state index is 6.52. The average molecular weight is 290 g/mol. The molecule has 3 heteroatoms. The van der Waals surface area contributed by atoms with E-state index in [-0.39, 0.29) is 12.1 Å². The van der Waals surface area contributed by atoms with Crippen LogP contribution < -0.4 is 10.5 Å². The van der Waals surface area contributed by atoms with Crippen molar-refractivity contribution in [2.45, 2.75) is 58.2 Å². The van der Waals surface area contributed by atoms with E-state index >= 15 is 0 Å². The van der Waals surface area contributed by atoms with Crippen LogP contribution in [0.15, 0.2) is 24.3 Å². The molecule has 0 radical (unpaired) electrons. The van der Waals surface area contributed by atoms with E-state index in [1.165, 1.54) is 18.4 Å². The summed E-state index contributed by atoms with van der Waals surface area (Å²) in [6.45, 7) is 7.84. The van der Waals surface area contributed by atoms with E-state index in [9.17, 15) is 0 Å². The SMILES string of the molecule is CCC(N)C(c1ccccc1OC)N(CC(C)C)C1CC1. The van der Waals surface area contributed by atoms with Crippen molar-refractivity contribution in [1.29, 1.82) is 0 Å². The highest BCUT2D eigenvalue weighted by Crippen LogP contribution is 2.39. The van der Waals surface area contributed by atoms with Gasteiger partial charge in [-0.3, -0.25) is 4.90 Å². The van der Waals surface area contributed by atoms with Crippen molar-refractivity contribution in [2.75, 3.05) is 13.7 Å². The number of methoxy groups -OCH3 is 1. The van der Waals surface area contributed by atoms with Crippen molar-refractivity contribution in [2.24, 2.45) is 11.7 Å². The summed E-state index contributed by atoms with van der Waals surface area (Å²) in [7, 11) is 1.75. The van der Waals surface area contributed by atoms with Gasteiger partial charge in [-0.2, -0.15) is 0 Å². The number of para-hydroxylation sites is 1. The minimum Gasteiger partial charge on any atom is -0.496 e. The van der Waals surface area contributed by atoms with Gasteiger partial charge in [0, 0.05) is 24.2 Å². The Morgan fingerprint density at radius 3 is 2.48 bits per heavy atom. The Balaban J connectivity index is 2.36. The summed E-state index contributed by atoms with van der Waals surface area (Å²) in [5, 5.41) is 0. The molecule has 0 aliphatic heterocycles. The minimum absolute atomic E-state index is 0.139. The van der Waals surface area contributed by atoms with Gasteiger partial charge in [0.15, 0.2) is 0 Å². The van der Waals surface area contributed by atoms with Crippen molar-refractivity contribution in [1.82, 2.24) is 4.90 Å². The highest BCUT2D eigenvalue weighted by atomic mass is 16.5. The number of nitrogens with two attached hydrogens (primary N) is 1. The lowest BCUT2D eigenvalue weighted by atomic mass is 9.94. The lowest BCUT2D eigenvalue weighted by molar-refractivity contribution is 0.139. The number of hydrogen-bond acceptors (Lipinski definition) is 3. The predicted octanol–water partition coefficient (Wildman–Crippen LogP) is 3.59. The zero-order chi connectivity index (χ0) is 15.4. The van der Waals surface area contributed by atoms with Gasteiger partial charge in [-0.15, -0.1) is 0 Å². The summed E-state index contributed by atoms with van der Waals surface area (Å²) < 4.78 is 5.59. The van der Waals surface area contributed by atoms with Gasteiger partial charge >= 0.3 is 0 Å². The van der Waals surface area contributed by atoms with Crippen molar-refractivity contribution in [3.63, 3.8) is 0 Å². The fourth-order valence-electron chi connectivity index (χ4n) is 3.11. The van der Waals surface area contributed by atoms with E-state index in [0.29, 0.717) is 12.0 Å². The molecule has 0 amide bonds. The molecule has 0 spiro atoms. The van der Waals surface area contributed by atoms with Crippen LogP contribution in [0, 0.1) is 5.92 Å². The highest BCUT2D eigenvalue weighted by Gasteiger charge is 2.38. The maximum Gasteiger partial charge on any atom is 0.123 e. The number of hydrogen-bond donors (Lipinski definition) is 1. The minimum atomic E-state index is 0.139. The van der Waals surface area contributed by atoms with Crippen LogP contribution in [-0.2, 0) is 0 Å². The van der Waals surface area contributed by atoms with Crippen LogP contribution in [0.3, 0.4) is 0 Å². The Labute approximate surface area is 129 Å². The Kier molecular flexibility index (Phi) is 5.65. The molecule has 0 bridgehead atoms. The molecule has 0 aromatic heterocycles. The van der Waals surface area contributed by atoms with Gasteiger partial charge < -0.3 is 10.5 Å². The van der Waals surface area contributed by atoms with Gasteiger partial charge in [-0.1, -0.05) is 39.0 Å². The summed E-state index contributed by atoms with van der Waals surface area (Å²) >= 11 is 0. The second-order valence-corrected chi connectivity index (χ2v) is 6.58. The molecule has 0 saturated heterocycles. The molecule has 1 fully saturated rings. The van der Waals surface area contributed by atoms with Crippen LogP contribution in [-0.4, -0.2) is 30.6 Å². The largest absolute Gasteiger partial charge is 0.496 e. The second-order valence-electron chi connectivity index (χ2n) is 6.58. The van der Waals surface area contributed by atoms with Gasteiger partial charge in [-0.25, -0.2) is 0 Å². The summed E-state index contributed by atoms with van der Waals surface area (Å²) in [5.74, 6) is 1.60. The molecular weight excluding hydrogens is 260 g/mol. The zero-order valence-corrected chi connectivity index (χ0v) is 13.9. The van der Waals surface area contributed by atoms with Crippen LogP contribution in [0.25, 0.3) is 0 Å². The highest BCUT2D eigenvalue weighted by molar-refractivity contribution is 5.37. The molecule has 1 aromatic rings. The van der Waals surface area contributed by atoms with E-state index in [4.69, 9.17) is 10.5 Å². The molecule has 1 aliphatic carbocycles. The topological polar surface area (TPSA) is 38.5 Å². The number of rotatable bonds is 8. The molecular formula is C18H30N2O. The molecule has 3 nitrogen and oxygen atoms in total. The third-order valence-corrected chi connectivity index (χ3v) is 4.28. The van der Waals surface area contributed by atoms with E-state index in [2.05, 4.69) is 37.8 Å². The van der Waals surface area contributed by atoms with E-state index < -0.39 is 0 Å². The van der Waals surface area contributed by atoms with E-state index in [0.717, 1.165) is 18.7 Å². The first-order valence-corrected chi connectivity index (χ1v) is 8.22. The van der Waals surface area contributed by atoms with Gasteiger partial charge in [-0.05, 0) is 31.2 Å². The van der Waals surface area contributed by atoms with Crippen molar-refractivity contribution < 1.29 is 4.74 Å². The van der Waals surface area contributed by atoms with Crippen LogP contribution in [0.1, 0.15) is 51.6 Å². The van der Waals surface area contributed by atoms with Crippen LogP contribution in [0.4, 0.5) is 0 Å².